The van der Waals surface area contributed by atoms with Crippen LogP contribution in [-0.2, 0) is 20.1 Å². The monoisotopic (exact) mass is 878 g/mol. The summed E-state index contributed by atoms with van der Waals surface area (Å²) in [4.78, 5) is 14.3. The molecule has 4 aromatic heterocycles. The normalized spacial score (nSPS) is 11.5. The molecule has 0 spiro atoms. The number of furan rings is 1. The van der Waals surface area contributed by atoms with Gasteiger partial charge in [0.05, 0.1) is 11.3 Å². The third-order valence-corrected chi connectivity index (χ3v) is 10.0. The minimum atomic E-state index is 0. The Bertz CT molecular complexity index is 2250. The summed E-state index contributed by atoms with van der Waals surface area (Å²) in [5.41, 5.74) is 13.9. The van der Waals surface area contributed by atoms with Gasteiger partial charge in [-0.05, 0) is 89.2 Å². The third-order valence-electron chi connectivity index (χ3n) is 10.0. The molecule has 0 atom stereocenters. The van der Waals surface area contributed by atoms with Gasteiger partial charge in [-0.2, -0.15) is 0 Å². The predicted molar refractivity (Wildman–Crippen MR) is 218 cm³/mol. The molecule has 7 rings (SSSR count). The van der Waals surface area contributed by atoms with Gasteiger partial charge in [0.15, 0.2) is 0 Å². The van der Waals surface area contributed by atoms with Gasteiger partial charge in [-0.1, -0.05) is 108 Å². The fourth-order valence-electron chi connectivity index (χ4n) is 7.52. The number of benzene rings is 3. The Morgan fingerprint density at radius 2 is 1.28 bits per heavy atom. The molecule has 5 heteroatoms. The largest absolute Gasteiger partial charge is 0.486 e. The van der Waals surface area contributed by atoms with Crippen LogP contribution >= 0.6 is 0 Å². The van der Waals surface area contributed by atoms with Gasteiger partial charge in [-0.3, -0.25) is 0 Å². The van der Waals surface area contributed by atoms with Crippen LogP contribution in [0.25, 0.3) is 55.8 Å². The summed E-state index contributed by atoms with van der Waals surface area (Å²) in [5.74, 6) is 2.38. The molecule has 0 amide bonds. The smallest absolute Gasteiger partial charge is 0.216 e. The third kappa shape index (κ3) is 8.53. The Kier molecular flexibility index (Phi) is 12.9. The number of rotatable bonds is 8. The zero-order valence-corrected chi connectivity index (χ0v) is 35.1. The number of aromatic nitrogens is 3. The molecule has 0 bridgehead atoms. The number of pyridine rings is 3. The number of fused-ring (bicyclic) bond motifs is 3. The summed E-state index contributed by atoms with van der Waals surface area (Å²) < 4.78 is 6.51. The molecule has 0 aliphatic carbocycles. The van der Waals surface area contributed by atoms with Crippen molar-refractivity contribution >= 4 is 22.1 Å². The van der Waals surface area contributed by atoms with Crippen molar-refractivity contribution < 1.29 is 24.5 Å². The molecule has 275 valence electrons. The molecule has 0 aliphatic rings. The number of hydrogen-bond acceptors (Lipinski definition) is 4. The molecule has 0 unspecified atom stereocenters. The number of hydrogen-bond donors (Lipinski definition) is 0. The standard InChI is InChI=1S/C36H41N2O.C12H10N.Ir/c1-20(2)25-12-10-13-26(21(3)4)34(25)31-17-16-28-27-14-11-15-29(35(27)39-36(28)38-31)32-18-24(9)30(19-37-32)33(22(5)6)23(7)8;1-10-7-8-12(13-9-10)11-5-3-2-4-6-11;/h10-14,16-23,33H,1-9H3;2-5,7-9H,1H3;/q2*-1;. The van der Waals surface area contributed by atoms with Gasteiger partial charge < -0.3 is 14.4 Å². The summed E-state index contributed by atoms with van der Waals surface area (Å²) in [6, 6.07) is 35.7. The molecule has 0 fully saturated rings. The number of aryl methyl sites for hydroxylation is 2. The maximum Gasteiger partial charge on any atom is 0.216 e. The molecular formula is C48H51IrN3O-2. The van der Waals surface area contributed by atoms with Crippen LogP contribution in [0.1, 0.15) is 101 Å². The first kappa shape index (κ1) is 39.8. The summed E-state index contributed by atoms with van der Waals surface area (Å²) in [6.07, 6.45) is 3.94. The topological polar surface area (TPSA) is 51.8 Å². The molecule has 7 aromatic rings. The van der Waals surface area contributed by atoms with Crippen molar-refractivity contribution in [3.8, 4) is 33.8 Å². The molecule has 1 radical (unpaired) electrons. The van der Waals surface area contributed by atoms with Gasteiger partial charge in [0.25, 0.3) is 0 Å². The molecular weight excluding hydrogens is 827 g/mol. The second-order valence-electron chi connectivity index (χ2n) is 15.3. The first-order valence-corrected chi connectivity index (χ1v) is 18.7. The van der Waals surface area contributed by atoms with Gasteiger partial charge in [0, 0.05) is 43.4 Å². The maximum atomic E-state index is 6.51. The van der Waals surface area contributed by atoms with Crippen molar-refractivity contribution in [2.24, 2.45) is 11.8 Å². The van der Waals surface area contributed by atoms with E-state index in [1.54, 1.807) is 0 Å². The van der Waals surface area contributed by atoms with Crippen molar-refractivity contribution in [1.29, 1.82) is 0 Å². The van der Waals surface area contributed by atoms with Crippen LogP contribution in [0, 0.1) is 37.8 Å². The molecule has 4 heterocycles. The Morgan fingerprint density at radius 3 is 1.87 bits per heavy atom. The Hall–Kier alpha value is -4.44. The summed E-state index contributed by atoms with van der Waals surface area (Å²) in [7, 11) is 0. The van der Waals surface area contributed by atoms with E-state index in [0.717, 1.165) is 44.6 Å². The van der Waals surface area contributed by atoms with E-state index in [-0.39, 0.29) is 20.1 Å². The van der Waals surface area contributed by atoms with Crippen LogP contribution in [0.5, 0.6) is 0 Å². The van der Waals surface area contributed by atoms with Gasteiger partial charge in [0.2, 0.25) is 5.71 Å². The average Bonchev–Trinajstić information content (AvgIpc) is 3.51. The fraction of sp³-hybridized carbons (Fsp3) is 0.312. The average molecular weight is 878 g/mol. The molecule has 53 heavy (non-hydrogen) atoms. The Morgan fingerprint density at radius 1 is 0.604 bits per heavy atom. The Labute approximate surface area is 329 Å². The van der Waals surface area contributed by atoms with Gasteiger partial charge >= 0.3 is 0 Å². The maximum absolute atomic E-state index is 6.51. The second-order valence-corrected chi connectivity index (χ2v) is 15.3. The van der Waals surface area contributed by atoms with Gasteiger partial charge in [0.1, 0.15) is 0 Å². The minimum absolute atomic E-state index is 0. The van der Waals surface area contributed by atoms with E-state index >= 15 is 0 Å². The summed E-state index contributed by atoms with van der Waals surface area (Å²) in [5, 5.41) is 2.06. The molecule has 3 aromatic carbocycles. The molecule has 0 aliphatic heterocycles. The fourth-order valence-corrected chi connectivity index (χ4v) is 7.52. The van der Waals surface area contributed by atoms with E-state index < -0.39 is 0 Å². The van der Waals surface area contributed by atoms with Crippen LogP contribution in [0.15, 0.2) is 102 Å². The van der Waals surface area contributed by atoms with E-state index in [9.17, 15) is 0 Å². The van der Waals surface area contributed by atoms with Gasteiger partial charge in [-0.25, -0.2) is 4.98 Å². The molecule has 0 saturated heterocycles. The van der Waals surface area contributed by atoms with E-state index in [1.807, 2.05) is 49.5 Å². The first-order valence-electron chi connectivity index (χ1n) is 18.7. The van der Waals surface area contributed by atoms with Crippen LogP contribution < -0.4 is 0 Å². The van der Waals surface area contributed by atoms with Crippen molar-refractivity contribution in [3.05, 3.63) is 137 Å². The minimum Gasteiger partial charge on any atom is -0.486 e. The SMILES string of the molecule is Cc1cc(-c2[c-]ccc3c2oc2nc(-c4c(C(C)C)cccc4C(C)C)ccc23)ncc1C(C(C)C)C(C)C.Cc1ccc(-c2[c-]cccc2)nc1.[Ir]. The molecule has 0 saturated carbocycles. The van der Waals surface area contributed by atoms with Crippen molar-refractivity contribution in [2.45, 2.75) is 87.0 Å². The van der Waals surface area contributed by atoms with Gasteiger partial charge in [-0.15, -0.1) is 54.1 Å². The predicted octanol–water partition coefficient (Wildman–Crippen LogP) is 13.3. The number of nitrogens with zero attached hydrogens (tertiary/aromatic N) is 3. The van der Waals surface area contributed by atoms with Crippen molar-refractivity contribution in [1.82, 2.24) is 15.0 Å². The summed E-state index contributed by atoms with van der Waals surface area (Å²) >= 11 is 0. The van der Waals surface area contributed by atoms with Crippen LogP contribution in [0.3, 0.4) is 0 Å². The van der Waals surface area contributed by atoms with Crippen LogP contribution in [0.4, 0.5) is 0 Å². The quantitative estimate of drug-likeness (QED) is 0.143. The molecule has 4 nitrogen and oxygen atoms in total. The first-order chi connectivity index (χ1) is 24.9. The van der Waals surface area contributed by atoms with E-state index in [4.69, 9.17) is 14.4 Å². The zero-order chi connectivity index (χ0) is 37.1. The molecule has 0 N–H and O–H groups in total. The van der Waals surface area contributed by atoms with E-state index in [0.29, 0.717) is 35.3 Å². The van der Waals surface area contributed by atoms with Crippen LogP contribution in [-0.4, -0.2) is 15.0 Å². The zero-order valence-electron chi connectivity index (χ0n) is 32.7. The van der Waals surface area contributed by atoms with E-state index in [2.05, 4.69) is 134 Å². The van der Waals surface area contributed by atoms with Crippen LogP contribution in [0.2, 0.25) is 0 Å². The summed E-state index contributed by atoms with van der Waals surface area (Å²) in [6.45, 7) is 22.4. The second kappa shape index (κ2) is 17.1. The van der Waals surface area contributed by atoms with Crippen molar-refractivity contribution in [3.63, 3.8) is 0 Å². The Balaban J connectivity index is 0.000000325. The van der Waals surface area contributed by atoms with Crippen molar-refractivity contribution in [2.75, 3.05) is 0 Å². The van der Waals surface area contributed by atoms with E-state index in [1.165, 1.54) is 33.4 Å².